The highest BCUT2D eigenvalue weighted by molar-refractivity contribution is 9.10. The minimum absolute atomic E-state index is 0.753. The van der Waals surface area contributed by atoms with Crippen molar-refractivity contribution < 1.29 is 14.8 Å². The second kappa shape index (κ2) is 7.32. The van der Waals surface area contributed by atoms with Crippen LogP contribution in [0.1, 0.15) is 38.2 Å². The molecule has 1 aromatic carbocycles. The van der Waals surface area contributed by atoms with Crippen molar-refractivity contribution in [2.75, 3.05) is 14.2 Å². The van der Waals surface area contributed by atoms with Crippen molar-refractivity contribution in [2.45, 2.75) is 45.2 Å². The highest BCUT2D eigenvalue weighted by atomic mass is 79.9. The maximum absolute atomic E-state index is 5.39. The predicted molar refractivity (Wildman–Crippen MR) is 84.3 cm³/mol. The third-order valence-electron chi connectivity index (χ3n) is 4.37. The van der Waals surface area contributed by atoms with Crippen LogP contribution in [0.3, 0.4) is 0 Å². The molecule has 0 heterocycles. The van der Waals surface area contributed by atoms with Crippen LogP contribution in [0.25, 0.3) is 0 Å². The molecule has 0 unspecified atom stereocenters. The molecule has 1 fully saturated rings. The van der Waals surface area contributed by atoms with E-state index in [0.717, 1.165) is 34.5 Å². The van der Waals surface area contributed by atoms with Gasteiger partial charge in [0.1, 0.15) is 6.54 Å². The summed E-state index contributed by atoms with van der Waals surface area (Å²) in [6.07, 6.45) is 5.48. The van der Waals surface area contributed by atoms with Crippen molar-refractivity contribution in [3.8, 4) is 11.5 Å². The van der Waals surface area contributed by atoms with Crippen molar-refractivity contribution in [1.29, 1.82) is 0 Å². The Morgan fingerprint density at radius 1 is 1.15 bits per heavy atom. The van der Waals surface area contributed by atoms with Crippen molar-refractivity contribution in [3.63, 3.8) is 0 Å². The molecule has 3 nitrogen and oxygen atoms in total. The molecular formula is C16H25BrNO2+. The van der Waals surface area contributed by atoms with Crippen LogP contribution >= 0.6 is 15.9 Å². The second-order valence-electron chi connectivity index (χ2n) is 5.66. The first kappa shape index (κ1) is 15.6. The van der Waals surface area contributed by atoms with E-state index in [9.17, 15) is 0 Å². The van der Waals surface area contributed by atoms with Gasteiger partial charge in [-0.25, -0.2) is 0 Å². The first-order valence-corrected chi connectivity index (χ1v) is 8.18. The van der Waals surface area contributed by atoms with Crippen molar-refractivity contribution in [2.24, 2.45) is 5.92 Å². The summed E-state index contributed by atoms with van der Waals surface area (Å²) in [7, 11) is 3.35. The average Bonchev–Trinajstić information content (AvgIpc) is 2.47. The fourth-order valence-electron chi connectivity index (χ4n) is 3.03. The number of hydrogen-bond donors (Lipinski definition) is 1. The number of rotatable bonds is 5. The van der Waals surface area contributed by atoms with Gasteiger partial charge < -0.3 is 14.8 Å². The Kier molecular flexibility index (Phi) is 5.73. The molecule has 2 atom stereocenters. The zero-order valence-electron chi connectivity index (χ0n) is 12.6. The van der Waals surface area contributed by atoms with E-state index in [-0.39, 0.29) is 0 Å². The van der Waals surface area contributed by atoms with E-state index < -0.39 is 0 Å². The quantitative estimate of drug-likeness (QED) is 0.892. The van der Waals surface area contributed by atoms with Crippen LogP contribution in [0, 0.1) is 5.92 Å². The number of methoxy groups -OCH3 is 2. The molecule has 0 aliphatic heterocycles. The molecule has 0 radical (unpaired) electrons. The van der Waals surface area contributed by atoms with Crippen LogP contribution in [0.15, 0.2) is 16.6 Å². The SMILES string of the molecule is COc1cc(Br)c(C[NH2+][C@@H]2CCCC[C@@H]2C)cc1OC. The summed E-state index contributed by atoms with van der Waals surface area (Å²) in [5.74, 6) is 2.40. The maximum Gasteiger partial charge on any atom is 0.161 e. The topological polar surface area (TPSA) is 35.1 Å². The Labute approximate surface area is 130 Å². The van der Waals surface area contributed by atoms with Gasteiger partial charge in [-0.1, -0.05) is 29.3 Å². The number of halogens is 1. The van der Waals surface area contributed by atoms with E-state index in [0.29, 0.717) is 0 Å². The van der Waals surface area contributed by atoms with Crippen LogP contribution in [0.4, 0.5) is 0 Å². The van der Waals surface area contributed by atoms with Gasteiger partial charge in [0.15, 0.2) is 11.5 Å². The van der Waals surface area contributed by atoms with E-state index in [1.807, 2.05) is 6.07 Å². The zero-order valence-corrected chi connectivity index (χ0v) is 14.2. The molecule has 0 aromatic heterocycles. The Balaban J connectivity index is 2.05. The van der Waals surface area contributed by atoms with Gasteiger partial charge in [-0.2, -0.15) is 0 Å². The minimum atomic E-state index is 0.753. The Bertz CT molecular complexity index is 450. The number of ether oxygens (including phenoxy) is 2. The monoisotopic (exact) mass is 342 g/mol. The standard InChI is InChI=1S/C16H24BrNO2/c1-11-6-4-5-7-14(11)18-10-12-8-15(19-2)16(20-3)9-13(12)17/h8-9,11,14,18H,4-7,10H2,1-3H3/p+1/t11-,14+/m0/s1. The van der Waals surface area contributed by atoms with Crippen LogP contribution < -0.4 is 14.8 Å². The summed E-state index contributed by atoms with van der Waals surface area (Å²) in [5.41, 5.74) is 1.26. The molecule has 0 saturated heterocycles. The Morgan fingerprint density at radius 2 is 1.80 bits per heavy atom. The lowest BCUT2D eigenvalue weighted by atomic mass is 9.86. The van der Waals surface area contributed by atoms with E-state index in [1.165, 1.54) is 31.2 Å². The summed E-state index contributed by atoms with van der Waals surface area (Å²) >= 11 is 3.64. The highest BCUT2D eigenvalue weighted by Crippen LogP contribution is 2.33. The van der Waals surface area contributed by atoms with Gasteiger partial charge in [-0.3, -0.25) is 0 Å². The van der Waals surface area contributed by atoms with Crippen molar-refractivity contribution in [3.05, 3.63) is 22.2 Å². The fourth-order valence-corrected chi connectivity index (χ4v) is 3.51. The third-order valence-corrected chi connectivity index (χ3v) is 5.11. The lowest BCUT2D eigenvalue weighted by Gasteiger charge is -2.26. The molecular weight excluding hydrogens is 318 g/mol. The number of benzene rings is 1. The molecule has 4 heteroatoms. The Hall–Kier alpha value is -0.740. The number of nitrogens with two attached hydrogens (primary N) is 1. The minimum Gasteiger partial charge on any atom is -0.493 e. The molecule has 0 bridgehead atoms. The smallest absolute Gasteiger partial charge is 0.161 e. The van der Waals surface area contributed by atoms with Gasteiger partial charge in [0, 0.05) is 16.0 Å². The van der Waals surface area contributed by atoms with Gasteiger partial charge in [-0.05, 0) is 31.4 Å². The molecule has 1 saturated carbocycles. The maximum atomic E-state index is 5.39. The molecule has 1 aliphatic rings. The van der Waals surface area contributed by atoms with Crippen LogP contribution in [0.2, 0.25) is 0 Å². The molecule has 0 spiro atoms. The summed E-state index contributed by atoms with van der Waals surface area (Å²) in [5, 5.41) is 2.48. The average molecular weight is 343 g/mol. The van der Waals surface area contributed by atoms with E-state index >= 15 is 0 Å². The summed E-state index contributed by atoms with van der Waals surface area (Å²) in [6.45, 7) is 3.36. The summed E-state index contributed by atoms with van der Waals surface area (Å²) < 4.78 is 11.8. The van der Waals surface area contributed by atoms with Crippen molar-refractivity contribution in [1.82, 2.24) is 0 Å². The number of hydrogen-bond acceptors (Lipinski definition) is 2. The van der Waals surface area contributed by atoms with E-state index in [4.69, 9.17) is 9.47 Å². The molecule has 20 heavy (non-hydrogen) atoms. The Morgan fingerprint density at radius 3 is 2.45 bits per heavy atom. The second-order valence-corrected chi connectivity index (χ2v) is 6.52. The fraction of sp³-hybridized carbons (Fsp3) is 0.625. The highest BCUT2D eigenvalue weighted by Gasteiger charge is 2.24. The van der Waals surface area contributed by atoms with E-state index in [1.54, 1.807) is 14.2 Å². The normalized spacial score (nSPS) is 22.6. The van der Waals surface area contributed by atoms with Crippen LogP contribution in [0.5, 0.6) is 11.5 Å². The molecule has 1 aromatic rings. The van der Waals surface area contributed by atoms with Gasteiger partial charge in [0.25, 0.3) is 0 Å². The van der Waals surface area contributed by atoms with Gasteiger partial charge >= 0.3 is 0 Å². The summed E-state index contributed by atoms with van der Waals surface area (Å²) in [4.78, 5) is 0. The molecule has 2 rings (SSSR count). The van der Waals surface area contributed by atoms with Gasteiger partial charge in [0.2, 0.25) is 0 Å². The van der Waals surface area contributed by atoms with Crippen LogP contribution in [-0.4, -0.2) is 20.3 Å². The molecule has 2 N–H and O–H groups in total. The molecule has 0 amide bonds. The first-order chi connectivity index (χ1) is 9.65. The first-order valence-electron chi connectivity index (χ1n) is 7.39. The number of quaternary nitrogens is 1. The van der Waals surface area contributed by atoms with E-state index in [2.05, 4.69) is 34.2 Å². The predicted octanol–water partition coefficient (Wildman–Crippen LogP) is 3.11. The van der Waals surface area contributed by atoms with Crippen LogP contribution in [-0.2, 0) is 6.54 Å². The summed E-state index contributed by atoms with van der Waals surface area (Å²) in [6, 6.07) is 4.82. The molecule has 112 valence electrons. The largest absolute Gasteiger partial charge is 0.493 e. The lowest BCUT2D eigenvalue weighted by molar-refractivity contribution is -0.712. The molecule has 1 aliphatic carbocycles. The zero-order chi connectivity index (χ0) is 14.5. The third kappa shape index (κ3) is 3.67. The lowest BCUT2D eigenvalue weighted by Crippen LogP contribution is -2.90. The van der Waals surface area contributed by atoms with Gasteiger partial charge in [0.05, 0.1) is 20.3 Å². The van der Waals surface area contributed by atoms with Gasteiger partial charge in [-0.15, -0.1) is 0 Å². The van der Waals surface area contributed by atoms with Crippen molar-refractivity contribution >= 4 is 15.9 Å².